The molecule has 0 amide bonds. The Labute approximate surface area is 134 Å². The Balaban J connectivity index is 1.51. The monoisotopic (exact) mass is 290 g/mol. The Morgan fingerprint density at radius 2 is 1.45 bits per heavy atom. The second kappa shape index (κ2) is 7.98. The zero-order valence-electron chi connectivity index (χ0n) is 13.4. The van der Waals surface area contributed by atoms with Gasteiger partial charge in [0, 0.05) is 0 Å². The normalized spacial score (nSPS) is 16.2. The van der Waals surface area contributed by atoms with Gasteiger partial charge in [-0.25, -0.2) is 0 Å². The van der Waals surface area contributed by atoms with Crippen molar-refractivity contribution in [2.75, 3.05) is 0 Å². The number of benzene rings is 2. The largest absolute Gasteiger partial charge is 0.0839 e. The lowest BCUT2D eigenvalue weighted by atomic mass is 9.86. The summed E-state index contributed by atoms with van der Waals surface area (Å²) in [7, 11) is 0. The van der Waals surface area contributed by atoms with Gasteiger partial charge in [-0.1, -0.05) is 98.9 Å². The Bertz CT molecular complexity index is 571. The summed E-state index contributed by atoms with van der Waals surface area (Å²) in [5.41, 5.74) is 3.89. The first-order chi connectivity index (χ1) is 10.9. The van der Waals surface area contributed by atoms with Gasteiger partial charge < -0.3 is 0 Å². The van der Waals surface area contributed by atoms with E-state index in [0.717, 1.165) is 5.92 Å². The molecule has 0 aliphatic heterocycles. The summed E-state index contributed by atoms with van der Waals surface area (Å²) < 4.78 is 0. The molecule has 0 spiro atoms. The van der Waals surface area contributed by atoms with E-state index in [0.29, 0.717) is 0 Å². The van der Waals surface area contributed by atoms with Crippen LogP contribution in [0, 0.1) is 5.92 Å². The summed E-state index contributed by atoms with van der Waals surface area (Å²) in [6.45, 7) is 0. The molecule has 2 aromatic carbocycles. The second-order valence-corrected chi connectivity index (χ2v) is 6.47. The molecule has 0 aromatic heterocycles. The van der Waals surface area contributed by atoms with Crippen LogP contribution in [0.5, 0.6) is 0 Å². The van der Waals surface area contributed by atoms with E-state index in [9.17, 15) is 0 Å². The lowest BCUT2D eigenvalue weighted by Crippen LogP contribution is -2.05. The molecule has 0 atom stereocenters. The molecule has 0 heterocycles. The number of hydrogen-bond donors (Lipinski definition) is 0. The summed E-state index contributed by atoms with van der Waals surface area (Å²) >= 11 is 0. The maximum Gasteiger partial charge on any atom is -0.0184 e. The van der Waals surface area contributed by atoms with E-state index in [4.69, 9.17) is 0 Å². The summed E-state index contributed by atoms with van der Waals surface area (Å²) in [5, 5.41) is 0. The minimum Gasteiger partial charge on any atom is -0.0839 e. The molecule has 1 saturated carbocycles. The Morgan fingerprint density at radius 1 is 0.773 bits per heavy atom. The molecule has 1 fully saturated rings. The van der Waals surface area contributed by atoms with Gasteiger partial charge in [-0.3, -0.25) is 0 Å². The number of rotatable bonds is 5. The maximum atomic E-state index is 2.35. The molecule has 3 rings (SSSR count). The Kier molecular flexibility index (Phi) is 5.48. The lowest BCUT2D eigenvalue weighted by Gasteiger charge is -2.20. The fourth-order valence-electron chi connectivity index (χ4n) is 3.44. The van der Waals surface area contributed by atoms with E-state index in [-0.39, 0.29) is 0 Å². The standard InChI is InChI=1S/C22H26/c1-3-9-19(10-4-1)11-7-8-12-20-15-17-22(18-16-20)21-13-5-2-6-14-21/h2,5-6,8,12-19H,1,3-4,7,9-11H2/b12-8+. The third-order valence-corrected chi connectivity index (χ3v) is 4.79. The minimum absolute atomic E-state index is 0.985. The van der Waals surface area contributed by atoms with Crippen molar-refractivity contribution in [3.63, 3.8) is 0 Å². The van der Waals surface area contributed by atoms with Crippen molar-refractivity contribution in [3.05, 3.63) is 66.2 Å². The van der Waals surface area contributed by atoms with Gasteiger partial charge in [0.25, 0.3) is 0 Å². The molecule has 1 aliphatic rings. The van der Waals surface area contributed by atoms with Gasteiger partial charge in [0.2, 0.25) is 0 Å². The highest BCUT2D eigenvalue weighted by molar-refractivity contribution is 5.65. The van der Waals surface area contributed by atoms with E-state index in [1.807, 2.05) is 0 Å². The van der Waals surface area contributed by atoms with Crippen LogP contribution in [0.15, 0.2) is 60.7 Å². The molecule has 22 heavy (non-hydrogen) atoms. The fraction of sp³-hybridized carbons (Fsp3) is 0.364. The molecule has 0 unspecified atom stereocenters. The fourth-order valence-corrected chi connectivity index (χ4v) is 3.44. The van der Waals surface area contributed by atoms with Crippen LogP contribution in [-0.4, -0.2) is 0 Å². The lowest BCUT2D eigenvalue weighted by molar-refractivity contribution is 0.341. The molecule has 0 bridgehead atoms. The first kappa shape index (κ1) is 15.1. The minimum atomic E-state index is 0.985. The molecule has 0 saturated heterocycles. The van der Waals surface area contributed by atoms with Gasteiger partial charge in [0.05, 0.1) is 0 Å². The van der Waals surface area contributed by atoms with Crippen molar-refractivity contribution < 1.29 is 0 Å². The van der Waals surface area contributed by atoms with Gasteiger partial charge in [-0.2, -0.15) is 0 Å². The van der Waals surface area contributed by atoms with Crippen LogP contribution >= 0.6 is 0 Å². The predicted molar refractivity (Wildman–Crippen MR) is 96.7 cm³/mol. The van der Waals surface area contributed by atoms with E-state index >= 15 is 0 Å². The second-order valence-electron chi connectivity index (χ2n) is 6.47. The van der Waals surface area contributed by atoms with Crippen LogP contribution < -0.4 is 0 Å². The van der Waals surface area contributed by atoms with Crippen LogP contribution in [0.25, 0.3) is 17.2 Å². The van der Waals surface area contributed by atoms with Crippen molar-refractivity contribution in [1.29, 1.82) is 0 Å². The average Bonchev–Trinajstić information content (AvgIpc) is 2.61. The highest BCUT2D eigenvalue weighted by atomic mass is 14.2. The highest BCUT2D eigenvalue weighted by Gasteiger charge is 2.11. The van der Waals surface area contributed by atoms with Gasteiger partial charge >= 0.3 is 0 Å². The van der Waals surface area contributed by atoms with Gasteiger partial charge in [0.1, 0.15) is 0 Å². The first-order valence-electron chi connectivity index (χ1n) is 8.74. The highest BCUT2D eigenvalue weighted by Crippen LogP contribution is 2.27. The van der Waals surface area contributed by atoms with Gasteiger partial charge in [0.15, 0.2) is 0 Å². The van der Waals surface area contributed by atoms with Crippen LogP contribution in [0.1, 0.15) is 50.5 Å². The summed E-state index contributed by atoms with van der Waals surface area (Å²) in [6.07, 6.45) is 14.5. The molecule has 2 aromatic rings. The molecule has 0 radical (unpaired) electrons. The van der Waals surface area contributed by atoms with E-state index < -0.39 is 0 Å². The summed E-state index contributed by atoms with van der Waals surface area (Å²) in [6, 6.07) is 19.4. The number of allylic oxidation sites excluding steroid dienone is 1. The topological polar surface area (TPSA) is 0 Å². The Hall–Kier alpha value is -1.82. The molecule has 0 N–H and O–H groups in total. The van der Waals surface area contributed by atoms with Gasteiger partial charge in [-0.15, -0.1) is 0 Å². The van der Waals surface area contributed by atoms with Crippen LogP contribution in [0.2, 0.25) is 0 Å². The molecule has 114 valence electrons. The molecular weight excluding hydrogens is 264 g/mol. The quantitative estimate of drug-likeness (QED) is 0.573. The molecule has 0 heteroatoms. The van der Waals surface area contributed by atoms with Crippen LogP contribution in [0.4, 0.5) is 0 Å². The van der Waals surface area contributed by atoms with E-state index in [2.05, 4.69) is 66.7 Å². The zero-order valence-corrected chi connectivity index (χ0v) is 13.4. The molecule has 1 aliphatic carbocycles. The van der Waals surface area contributed by atoms with Crippen LogP contribution in [0.3, 0.4) is 0 Å². The molecule has 0 nitrogen and oxygen atoms in total. The van der Waals surface area contributed by atoms with Crippen molar-refractivity contribution in [2.45, 2.75) is 44.9 Å². The SMILES string of the molecule is C(=C\c1ccc(-c2ccccc2)cc1)/CCC1CCCCC1. The van der Waals surface area contributed by atoms with Gasteiger partial charge in [-0.05, 0) is 35.4 Å². The maximum absolute atomic E-state index is 2.35. The summed E-state index contributed by atoms with van der Waals surface area (Å²) in [4.78, 5) is 0. The van der Waals surface area contributed by atoms with Crippen molar-refractivity contribution in [3.8, 4) is 11.1 Å². The zero-order chi connectivity index (χ0) is 15.0. The smallest absolute Gasteiger partial charge is 0.0184 e. The molecular formula is C22H26. The third-order valence-electron chi connectivity index (χ3n) is 4.79. The Morgan fingerprint density at radius 3 is 2.18 bits per heavy atom. The predicted octanol–water partition coefficient (Wildman–Crippen LogP) is 6.73. The number of hydrogen-bond acceptors (Lipinski definition) is 0. The first-order valence-corrected chi connectivity index (χ1v) is 8.74. The van der Waals surface area contributed by atoms with E-state index in [1.165, 1.54) is 61.6 Å². The average molecular weight is 290 g/mol. The van der Waals surface area contributed by atoms with E-state index in [1.54, 1.807) is 0 Å². The summed E-state index contributed by atoms with van der Waals surface area (Å²) in [5.74, 6) is 0.985. The third kappa shape index (κ3) is 4.34. The van der Waals surface area contributed by atoms with Crippen molar-refractivity contribution >= 4 is 6.08 Å². The van der Waals surface area contributed by atoms with Crippen molar-refractivity contribution in [1.82, 2.24) is 0 Å². The van der Waals surface area contributed by atoms with Crippen LogP contribution in [-0.2, 0) is 0 Å². The van der Waals surface area contributed by atoms with Crippen molar-refractivity contribution in [2.24, 2.45) is 5.92 Å².